The average Bonchev–Trinajstić information content (AvgIpc) is 2.15. The van der Waals surface area contributed by atoms with Crippen LogP contribution in [0, 0.1) is 17.1 Å². The van der Waals surface area contributed by atoms with Crippen molar-refractivity contribution in [3.05, 3.63) is 41.2 Å². The molecule has 0 saturated heterocycles. The molecule has 4 heteroatoms. The Balaban J connectivity index is 3.31. The van der Waals surface area contributed by atoms with Crippen LogP contribution in [-0.4, -0.2) is 11.1 Å². The van der Waals surface area contributed by atoms with Gasteiger partial charge >= 0.3 is 5.97 Å². The van der Waals surface area contributed by atoms with Gasteiger partial charge in [-0.05, 0) is 18.2 Å². The molecule has 0 heterocycles. The van der Waals surface area contributed by atoms with Gasteiger partial charge < -0.3 is 5.11 Å². The molecule has 0 spiro atoms. The molecule has 0 aliphatic rings. The number of aromatic carboxylic acids is 1. The fraction of sp³-hybridized carbons (Fsp3) is 0. The number of allylic oxidation sites excluding steroid dienone is 1. The molecular formula is C10H6FNO2. The van der Waals surface area contributed by atoms with Crippen molar-refractivity contribution >= 4 is 12.0 Å². The number of benzene rings is 1. The Labute approximate surface area is 79.7 Å². The summed E-state index contributed by atoms with van der Waals surface area (Å²) in [5.74, 6) is -1.88. The van der Waals surface area contributed by atoms with Crippen molar-refractivity contribution < 1.29 is 14.3 Å². The molecule has 0 bridgehead atoms. The van der Waals surface area contributed by atoms with E-state index in [4.69, 9.17) is 10.4 Å². The molecule has 0 radical (unpaired) electrons. The smallest absolute Gasteiger partial charge is 0.336 e. The Hall–Kier alpha value is -2.15. The van der Waals surface area contributed by atoms with E-state index in [2.05, 4.69) is 0 Å². The van der Waals surface area contributed by atoms with Gasteiger partial charge in [-0.2, -0.15) is 5.26 Å². The van der Waals surface area contributed by atoms with Gasteiger partial charge in [0.25, 0.3) is 0 Å². The van der Waals surface area contributed by atoms with E-state index in [-0.39, 0.29) is 11.1 Å². The Bertz CT molecular complexity index is 432. The monoisotopic (exact) mass is 191 g/mol. The first-order chi connectivity index (χ1) is 6.66. The summed E-state index contributed by atoms with van der Waals surface area (Å²) in [5.41, 5.74) is -0.238. The first-order valence-corrected chi connectivity index (χ1v) is 3.75. The summed E-state index contributed by atoms with van der Waals surface area (Å²) in [6.07, 6.45) is 2.17. The highest BCUT2D eigenvalue weighted by atomic mass is 19.1. The standard InChI is InChI=1S/C10H6FNO2/c11-9-5-1-3-8(10(13)14)7(9)4-2-6-12/h1-5H,(H,13,14). The van der Waals surface area contributed by atoms with Gasteiger partial charge in [0.2, 0.25) is 0 Å². The zero-order valence-electron chi connectivity index (χ0n) is 7.07. The Morgan fingerprint density at radius 2 is 2.29 bits per heavy atom. The van der Waals surface area contributed by atoms with E-state index in [0.29, 0.717) is 0 Å². The molecule has 3 nitrogen and oxygen atoms in total. The summed E-state index contributed by atoms with van der Waals surface area (Å²) >= 11 is 0. The predicted octanol–water partition coefficient (Wildman–Crippen LogP) is 2.06. The van der Waals surface area contributed by atoms with E-state index in [9.17, 15) is 9.18 Å². The number of halogens is 1. The zero-order valence-corrected chi connectivity index (χ0v) is 7.07. The third-order valence-electron chi connectivity index (χ3n) is 1.61. The van der Waals surface area contributed by atoms with Gasteiger partial charge in [0.1, 0.15) is 5.82 Å². The van der Waals surface area contributed by atoms with E-state index in [1.54, 1.807) is 6.07 Å². The van der Waals surface area contributed by atoms with Crippen molar-refractivity contribution in [3.8, 4) is 6.07 Å². The number of hydrogen-bond acceptors (Lipinski definition) is 2. The number of hydrogen-bond donors (Lipinski definition) is 1. The molecule has 1 rings (SSSR count). The highest BCUT2D eigenvalue weighted by Gasteiger charge is 2.10. The van der Waals surface area contributed by atoms with Crippen LogP contribution >= 0.6 is 0 Å². The highest BCUT2D eigenvalue weighted by Crippen LogP contribution is 2.15. The molecule has 0 aromatic heterocycles. The summed E-state index contributed by atoms with van der Waals surface area (Å²) in [5, 5.41) is 16.9. The second-order valence-corrected chi connectivity index (χ2v) is 2.47. The lowest BCUT2D eigenvalue weighted by Crippen LogP contribution is -2.01. The fourth-order valence-electron chi connectivity index (χ4n) is 1.01. The van der Waals surface area contributed by atoms with E-state index in [0.717, 1.165) is 18.2 Å². The molecule has 0 fully saturated rings. The zero-order chi connectivity index (χ0) is 10.6. The van der Waals surface area contributed by atoms with Crippen molar-refractivity contribution in [2.75, 3.05) is 0 Å². The van der Waals surface area contributed by atoms with Crippen molar-refractivity contribution in [2.24, 2.45) is 0 Å². The average molecular weight is 191 g/mol. The summed E-state index contributed by atoms with van der Waals surface area (Å²) < 4.78 is 13.1. The minimum absolute atomic E-state index is 0.0819. The van der Waals surface area contributed by atoms with Crippen molar-refractivity contribution in [1.82, 2.24) is 0 Å². The van der Waals surface area contributed by atoms with Gasteiger partial charge in [-0.3, -0.25) is 0 Å². The molecule has 0 aliphatic heterocycles. The van der Waals surface area contributed by atoms with Crippen molar-refractivity contribution in [2.45, 2.75) is 0 Å². The molecule has 0 aliphatic carbocycles. The van der Waals surface area contributed by atoms with Crippen LogP contribution in [0.15, 0.2) is 24.3 Å². The third kappa shape index (κ3) is 1.96. The molecule has 0 unspecified atom stereocenters. The molecule has 1 N–H and O–H groups in total. The van der Waals surface area contributed by atoms with Gasteiger partial charge in [0, 0.05) is 11.6 Å². The Morgan fingerprint density at radius 3 is 2.86 bits per heavy atom. The number of nitriles is 1. The SMILES string of the molecule is N#CC=Cc1c(F)cccc1C(=O)O. The molecular weight excluding hydrogens is 185 g/mol. The van der Waals surface area contributed by atoms with Crippen LogP contribution in [0.3, 0.4) is 0 Å². The molecule has 70 valence electrons. The summed E-state index contributed by atoms with van der Waals surface area (Å²) in [6, 6.07) is 5.40. The van der Waals surface area contributed by atoms with Gasteiger partial charge in [-0.15, -0.1) is 0 Å². The molecule has 0 saturated carbocycles. The van der Waals surface area contributed by atoms with Gasteiger partial charge in [0.15, 0.2) is 0 Å². The summed E-state index contributed by atoms with van der Waals surface area (Å²) in [7, 11) is 0. The van der Waals surface area contributed by atoms with Crippen molar-refractivity contribution in [3.63, 3.8) is 0 Å². The van der Waals surface area contributed by atoms with E-state index >= 15 is 0 Å². The molecule has 0 atom stereocenters. The molecule has 1 aromatic carbocycles. The molecule has 1 aromatic rings. The van der Waals surface area contributed by atoms with Crippen LogP contribution in [0.1, 0.15) is 15.9 Å². The largest absolute Gasteiger partial charge is 0.478 e. The summed E-state index contributed by atoms with van der Waals surface area (Å²) in [6.45, 7) is 0. The minimum atomic E-state index is -1.22. The number of carbonyl (C=O) groups is 1. The Kier molecular flexibility index (Phi) is 2.97. The fourth-order valence-corrected chi connectivity index (χ4v) is 1.01. The predicted molar refractivity (Wildman–Crippen MR) is 48.0 cm³/mol. The highest BCUT2D eigenvalue weighted by molar-refractivity contribution is 5.92. The second-order valence-electron chi connectivity index (χ2n) is 2.47. The van der Waals surface area contributed by atoms with Gasteiger partial charge in [0.05, 0.1) is 11.6 Å². The van der Waals surface area contributed by atoms with Crippen LogP contribution in [0.5, 0.6) is 0 Å². The van der Waals surface area contributed by atoms with Crippen molar-refractivity contribution in [1.29, 1.82) is 5.26 Å². The maximum absolute atomic E-state index is 13.1. The number of nitrogens with zero attached hydrogens (tertiary/aromatic N) is 1. The van der Waals surface area contributed by atoms with E-state index in [1.807, 2.05) is 0 Å². The Morgan fingerprint density at radius 1 is 1.57 bits per heavy atom. The topological polar surface area (TPSA) is 61.1 Å². The van der Waals surface area contributed by atoms with Gasteiger partial charge in [-0.25, -0.2) is 9.18 Å². The second kappa shape index (κ2) is 4.19. The quantitative estimate of drug-likeness (QED) is 0.728. The lowest BCUT2D eigenvalue weighted by atomic mass is 10.1. The van der Waals surface area contributed by atoms with Crippen LogP contribution in [0.4, 0.5) is 4.39 Å². The number of carboxylic acid groups (broad SMARTS) is 1. The van der Waals surface area contributed by atoms with E-state index < -0.39 is 11.8 Å². The van der Waals surface area contributed by atoms with Crippen LogP contribution in [0.2, 0.25) is 0 Å². The first kappa shape index (κ1) is 9.93. The van der Waals surface area contributed by atoms with Crippen LogP contribution in [-0.2, 0) is 0 Å². The lowest BCUT2D eigenvalue weighted by Gasteiger charge is -2.00. The first-order valence-electron chi connectivity index (χ1n) is 3.75. The molecule has 14 heavy (non-hydrogen) atoms. The third-order valence-corrected chi connectivity index (χ3v) is 1.61. The summed E-state index contributed by atoms with van der Waals surface area (Å²) in [4.78, 5) is 10.7. The van der Waals surface area contributed by atoms with Crippen LogP contribution < -0.4 is 0 Å². The maximum atomic E-state index is 13.1. The maximum Gasteiger partial charge on any atom is 0.336 e. The normalized spacial score (nSPS) is 10.0. The lowest BCUT2D eigenvalue weighted by molar-refractivity contribution is 0.0696. The van der Waals surface area contributed by atoms with E-state index in [1.165, 1.54) is 12.1 Å². The number of carboxylic acids is 1. The van der Waals surface area contributed by atoms with Gasteiger partial charge in [-0.1, -0.05) is 6.07 Å². The number of rotatable bonds is 2. The molecule has 0 amide bonds. The minimum Gasteiger partial charge on any atom is -0.478 e. The van der Waals surface area contributed by atoms with Crippen LogP contribution in [0.25, 0.3) is 6.08 Å².